The van der Waals surface area contributed by atoms with Gasteiger partial charge in [0.1, 0.15) is 5.82 Å². The average Bonchev–Trinajstić information content (AvgIpc) is 3.33. The second kappa shape index (κ2) is 13.4. The number of hydrogen-bond acceptors (Lipinski definition) is 2. The standard InChI is InChI=1S/C35H35N3O/c39-35(27-29-21-23-31(24-22-29)30-16-6-2-7-17-30)36-25-11-3-8-20-34-37-32-18-9-10-19-33(32)38(34)26-12-15-28-13-4-1-5-14-28/h1-2,4-7,9-10,12-19,21-24H,3,8,11,20,25-27H2,(H,36,39)/b15-12+. The van der Waals surface area contributed by atoms with E-state index in [1.54, 1.807) is 0 Å². The van der Waals surface area contributed by atoms with Crippen molar-refractivity contribution in [2.24, 2.45) is 0 Å². The molecule has 0 atom stereocenters. The number of para-hydroxylation sites is 2. The van der Waals surface area contributed by atoms with Crippen LogP contribution in [0.3, 0.4) is 0 Å². The first-order chi connectivity index (χ1) is 19.3. The van der Waals surface area contributed by atoms with Gasteiger partial charge in [-0.1, -0.05) is 116 Å². The van der Waals surface area contributed by atoms with Crippen molar-refractivity contribution in [2.75, 3.05) is 6.54 Å². The van der Waals surface area contributed by atoms with Crippen LogP contribution in [0.1, 0.15) is 36.2 Å². The summed E-state index contributed by atoms with van der Waals surface area (Å²) in [7, 11) is 0. The van der Waals surface area contributed by atoms with E-state index in [0.29, 0.717) is 13.0 Å². The molecule has 0 aliphatic carbocycles. The van der Waals surface area contributed by atoms with E-state index in [9.17, 15) is 4.79 Å². The minimum Gasteiger partial charge on any atom is -0.356 e. The van der Waals surface area contributed by atoms with Crippen molar-refractivity contribution in [3.8, 4) is 11.1 Å². The summed E-state index contributed by atoms with van der Waals surface area (Å²) in [5.41, 5.74) is 6.81. The average molecular weight is 514 g/mol. The molecule has 1 aromatic heterocycles. The highest BCUT2D eigenvalue weighted by Gasteiger charge is 2.09. The van der Waals surface area contributed by atoms with Gasteiger partial charge in [0, 0.05) is 19.5 Å². The van der Waals surface area contributed by atoms with Gasteiger partial charge >= 0.3 is 0 Å². The first-order valence-corrected chi connectivity index (χ1v) is 13.8. The van der Waals surface area contributed by atoms with Crippen LogP contribution in [0.15, 0.2) is 115 Å². The van der Waals surface area contributed by atoms with E-state index in [0.717, 1.165) is 49.1 Å². The zero-order chi connectivity index (χ0) is 26.7. The third kappa shape index (κ3) is 7.32. The Morgan fingerprint density at radius 1 is 0.744 bits per heavy atom. The summed E-state index contributed by atoms with van der Waals surface area (Å²) in [5, 5.41) is 3.08. The minimum absolute atomic E-state index is 0.0782. The maximum Gasteiger partial charge on any atom is 0.224 e. The lowest BCUT2D eigenvalue weighted by Crippen LogP contribution is -2.26. The molecule has 0 spiro atoms. The van der Waals surface area contributed by atoms with E-state index in [-0.39, 0.29) is 5.91 Å². The molecule has 0 saturated carbocycles. The Kier molecular flexibility index (Phi) is 8.98. The summed E-state index contributed by atoms with van der Waals surface area (Å²) in [5.74, 6) is 1.20. The van der Waals surface area contributed by atoms with Crippen molar-refractivity contribution in [3.05, 3.63) is 132 Å². The molecule has 0 aliphatic rings. The van der Waals surface area contributed by atoms with Crippen LogP contribution < -0.4 is 5.32 Å². The van der Waals surface area contributed by atoms with Crippen LogP contribution in [0, 0.1) is 0 Å². The van der Waals surface area contributed by atoms with Gasteiger partial charge in [-0.05, 0) is 47.2 Å². The molecule has 4 aromatic carbocycles. The lowest BCUT2D eigenvalue weighted by atomic mass is 10.0. The fourth-order valence-corrected chi connectivity index (χ4v) is 4.88. The Morgan fingerprint density at radius 2 is 1.44 bits per heavy atom. The number of carbonyl (C=O) groups excluding carboxylic acids is 1. The number of allylic oxidation sites excluding steroid dienone is 1. The third-order valence-corrected chi connectivity index (χ3v) is 6.96. The van der Waals surface area contributed by atoms with Gasteiger partial charge in [-0.15, -0.1) is 0 Å². The number of aryl methyl sites for hydroxylation is 1. The van der Waals surface area contributed by atoms with E-state index in [4.69, 9.17) is 4.98 Å². The smallest absolute Gasteiger partial charge is 0.224 e. The topological polar surface area (TPSA) is 46.9 Å². The highest BCUT2D eigenvalue weighted by Crippen LogP contribution is 2.20. The van der Waals surface area contributed by atoms with Crippen LogP contribution in [0.4, 0.5) is 0 Å². The lowest BCUT2D eigenvalue weighted by molar-refractivity contribution is -0.120. The Hall–Kier alpha value is -4.44. The van der Waals surface area contributed by atoms with Gasteiger partial charge in [0.2, 0.25) is 5.91 Å². The molecule has 0 bridgehead atoms. The van der Waals surface area contributed by atoms with Gasteiger partial charge in [0.25, 0.3) is 0 Å². The predicted octanol–water partition coefficient (Wildman–Crippen LogP) is 7.49. The van der Waals surface area contributed by atoms with Crippen LogP contribution in [0.25, 0.3) is 28.2 Å². The maximum absolute atomic E-state index is 12.4. The highest BCUT2D eigenvalue weighted by molar-refractivity contribution is 5.79. The van der Waals surface area contributed by atoms with Gasteiger partial charge in [-0.2, -0.15) is 0 Å². The molecule has 0 aliphatic heterocycles. The fraction of sp³-hybridized carbons (Fsp3) is 0.200. The first-order valence-electron chi connectivity index (χ1n) is 13.8. The molecule has 5 rings (SSSR count). The molecule has 39 heavy (non-hydrogen) atoms. The molecule has 0 radical (unpaired) electrons. The summed E-state index contributed by atoms with van der Waals surface area (Å²) in [6.07, 6.45) is 8.77. The number of benzene rings is 4. The molecule has 4 nitrogen and oxygen atoms in total. The van der Waals surface area contributed by atoms with Crippen molar-refractivity contribution < 1.29 is 4.79 Å². The second-order valence-electron chi connectivity index (χ2n) is 9.84. The molecule has 5 aromatic rings. The molecule has 0 saturated heterocycles. The Bertz CT molecular complexity index is 1500. The van der Waals surface area contributed by atoms with E-state index < -0.39 is 0 Å². The summed E-state index contributed by atoms with van der Waals surface area (Å²) < 4.78 is 2.32. The van der Waals surface area contributed by atoms with E-state index >= 15 is 0 Å². The monoisotopic (exact) mass is 513 g/mol. The van der Waals surface area contributed by atoms with Crippen LogP contribution in [0.5, 0.6) is 0 Å². The minimum atomic E-state index is 0.0782. The Morgan fingerprint density at radius 3 is 2.23 bits per heavy atom. The number of imidazole rings is 1. The van der Waals surface area contributed by atoms with Crippen molar-refractivity contribution in [1.29, 1.82) is 0 Å². The van der Waals surface area contributed by atoms with Crippen molar-refractivity contribution >= 4 is 23.0 Å². The number of aromatic nitrogens is 2. The number of nitrogens with zero attached hydrogens (tertiary/aromatic N) is 2. The second-order valence-corrected chi connectivity index (χ2v) is 9.84. The Labute approximate surface area is 231 Å². The van der Waals surface area contributed by atoms with Crippen molar-refractivity contribution in [2.45, 2.75) is 38.6 Å². The van der Waals surface area contributed by atoms with Crippen LogP contribution >= 0.6 is 0 Å². The molecule has 4 heteroatoms. The van der Waals surface area contributed by atoms with Gasteiger partial charge in [0.05, 0.1) is 17.5 Å². The predicted molar refractivity (Wildman–Crippen MR) is 161 cm³/mol. The quantitative estimate of drug-likeness (QED) is 0.176. The highest BCUT2D eigenvalue weighted by atomic mass is 16.1. The van der Waals surface area contributed by atoms with Gasteiger partial charge in [-0.25, -0.2) is 4.98 Å². The fourth-order valence-electron chi connectivity index (χ4n) is 4.88. The van der Waals surface area contributed by atoms with E-state index in [1.165, 1.54) is 22.2 Å². The summed E-state index contributed by atoms with van der Waals surface area (Å²) in [6, 6.07) is 37.3. The molecule has 196 valence electrons. The molecule has 1 N–H and O–H groups in total. The maximum atomic E-state index is 12.4. The lowest BCUT2D eigenvalue weighted by Gasteiger charge is -2.08. The van der Waals surface area contributed by atoms with Crippen LogP contribution in [-0.4, -0.2) is 22.0 Å². The van der Waals surface area contributed by atoms with Crippen molar-refractivity contribution in [1.82, 2.24) is 14.9 Å². The largest absolute Gasteiger partial charge is 0.356 e. The third-order valence-electron chi connectivity index (χ3n) is 6.96. The van der Waals surface area contributed by atoms with Crippen LogP contribution in [0.2, 0.25) is 0 Å². The molecule has 0 fully saturated rings. The molecular formula is C35H35N3O. The normalized spacial score (nSPS) is 11.3. The zero-order valence-corrected chi connectivity index (χ0v) is 22.3. The van der Waals surface area contributed by atoms with Gasteiger partial charge in [0.15, 0.2) is 0 Å². The molecular weight excluding hydrogens is 478 g/mol. The van der Waals surface area contributed by atoms with Gasteiger partial charge < -0.3 is 9.88 Å². The zero-order valence-electron chi connectivity index (χ0n) is 22.3. The molecule has 0 unspecified atom stereocenters. The number of rotatable bonds is 12. The van der Waals surface area contributed by atoms with E-state index in [2.05, 4.69) is 88.8 Å². The number of fused-ring (bicyclic) bond motifs is 1. The summed E-state index contributed by atoms with van der Waals surface area (Å²) >= 11 is 0. The SMILES string of the molecule is O=C(Cc1ccc(-c2ccccc2)cc1)NCCCCCc1nc2ccccc2n1C/C=C/c1ccccc1. The van der Waals surface area contributed by atoms with E-state index in [1.807, 2.05) is 42.5 Å². The summed E-state index contributed by atoms with van der Waals surface area (Å²) in [4.78, 5) is 17.4. The van der Waals surface area contributed by atoms with Crippen molar-refractivity contribution in [3.63, 3.8) is 0 Å². The summed E-state index contributed by atoms with van der Waals surface area (Å²) in [6.45, 7) is 1.50. The van der Waals surface area contributed by atoms with Crippen LogP contribution in [-0.2, 0) is 24.2 Å². The molecule has 1 amide bonds. The Balaban J connectivity index is 1.06. The number of hydrogen-bond donors (Lipinski definition) is 1. The number of amides is 1. The molecule has 1 heterocycles. The van der Waals surface area contributed by atoms with Gasteiger partial charge in [-0.3, -0.25) is 4.79 Å². The number of carbonyl (C=O) groups is 1. The number of nitrogens with one attached hydrogen (secondary N) is 1. The first kappa shape index (κ1) is 26.2. The number of unbranched alkanes of at least 4 members (excludes halogenated alkanes) is 2.